The molecule has 1 heterocycles. The van der Waals surface area contributed by atoms with Gasteiger partial charge in [0.2, 0.25) is 0 Å². The van der Waals surface area contributed by atoms with E-state index in [9.17, 15) is 4.79 Å². The molecule has 1 saturated heterocycles. The van der Waals surface area contributed by atoms with Crippen LogP contribution in [0.4, 0.5) is 4.79 Å². The highest BCUT2D eigenvalue weighted by Gasteiger charge is 2.19. The van der Waals surface area contributed by atoms with Crippen LogP contribution in [0.3, 0.4) is 0 Å². The molecule has 0 bridgehead atoms. The molecule has 0 aromatic heterocycles. The van der Waals surface area contributed by atoms with Crippen molar-refractivity contribution in [2.75, 3.05) is 19.6 Å². The van der Waals surface area contributed by atoms with Crippen molar-refractivity contribution in [3.05, 3.63) is 35.9 Å². The zero-order chi connectivity index (χ0) is 12.8. The third-order valence-electron chi connectivity index (χ3n) is 3.38. The predicted octanol–water partition coefficient (Wildman–Crippen LogP) is 1.88. The average Bonchev–Trinajstić information content (AvgIpc) is 2.46. The van der Waals surface area contributed by atoms with Crippen molar-refractivity contribution in [3.63, 3.8) is 0 Å². The molecule has 3 N–H and O–H groups in total. The molecule has 1 fully saturated rings. The topological polar surface area (TPSA) is 58.4 Å². The number of benzene rings is 1. The van der Waals surface area contributed by atoms with Gasteiger partial charge in [-0.25, -0.2) is 4.79 Å². The van der Waals surface area contributed by atoms with Gasteiger partial charge in [0.25, 0.3) is 0 Å². The lowest BCUT2D eigenvalue weighted by Gasteiger charge is -2.29. The quantitative estimate of drug-likeness (QED) is 0.857. The lowest BCUT2D eigenvalue weighted by Crippen LogP contribution is -2.45. The number of hydrogen-bond acceptors (Lipinski definition) is 2. The molecule has 98 valence electrons. The second-order valence-electron chi connectivity index (χ2n) is 4.70. The van der Waals surface area contributed by atoms with Crippen LogP contribution in [0.15, 0.2) is 30.3 Å². The molecule has 4 nitrogen and oxygen atoms in total. The second kappa shape index (κ2) is 6.40. The number of rotatable bonds is 3. The third-order valence-corrected chi connectivity index (χ3v) is 3.38. The number of likely N-dealkylation sites (tertiary alicyclic amines) is 1. The van der Waals surface area contributed by atoms with Crippen molar-refractivity contribution in [2.45, 2.75) is 25.3 Å². The number of nitrogens with two attached hydrogens (primary N) is 1. The minimum Gasteiger partial charge on any atom is -0.330 e. The van der Waals surface area contributed by atoms with E-state index in [0.717, 1.165) is 31.5 Å². The van der Waals surface area contributed by atoms with Crippen LogP contribution >= 0.6 is 0 Å². The van der Waals surface area contributed by atoms with E-state index in [-0.39, 0.29) is 12.1 Å². The van der Waals surface area contributed by atoms with Gasteiger partial charge in [0.05, 0.1) is 6.04 Å². The van der Waals surface area contributed by atoms with Crippen LogP contribution in [0.25, 0.3) is 0 Å². The Morgan fingerprint density at radius 3 is 2.50 bits per heavy atom. The smallest absolute Gasteiger partial charge is 0.317 e. The van der Waals surface area contributed by atoms with Gasteiger partial charge in [0.1, 0.15) is 0 Å². The molecule has 1 aliphatic rings. The Morgan fingerprint density at radius 1 is 1.22 bits per heavy atom. The van der Waals surface area contributed by atoms with Crippen LogP contribution in [0.5, 0.6) is 0 Å². The van der Waals surface area contributed by atoms with E-state index in [0.29, 0.717) is 6.54 Å². The minimum absolute atomic E-state index is 0.00834. The van der Waals surface area contributed by atoms with Crippen LogP contribution < -0.4 is 11.1 Å². The summed E-state index contributed by atoms with van der Waals surface area (Å²) in [6.45, 7) is 2.14. The highest BCUT2D eigenvalue weighted by molar-refractivity contribution is 5.74. The van der Waals surface area contributed by atoms with Gasteiger partial charge in [-0.15, -0.1) is 0 Å². The summed E-state index contributed by atoms with van der Waals surface area (Å²) in [5, 5.41) is 3.01. The summed E-state index contributed by atoms with van der Waals surface area (Å²) < 4.78 is 0. The monoisotopic (exact) mass is 247 g/mol. The standard InChI is InChI=1S/C14H21N3O/c15-11-13(12-7-3-1-4-8-12)16-14(18)17-9-5-2-6-10-17/h1,3-4,7-8,13H,2,5-6,9-11,15H2,(H,16,18). The number of nitrogens with zero attached hydrogens (tertiary/aromatic N) is 1. The van der Waals surface area contributed by atoms with Crippen LogP contribution in [-0.2, 0) is 0 Å². The lowest BCUT2D eigenvalue weighted by atomic mass is 10.1. The van der Waals surface area contributed by atoms with E-state index < -0.39 is 0 Å². The number of hydrogen-bond donors (Lipinski definition) is 2. The Morgan fingerprint density at radius 2 is 1.89 bits per heavy atom. The van der Waals surface area contributed by atoms with E-state index in [4.69, 9.17) is 5.73 Å². The number of piperidine rings is 1. The number of carbonyl (C=O) groups is 1. The summed E-state index contributed by atoms with van der Waals surface area (Å²) >= 11 is 0. The molecule has 0 aliphatic carbocycles. The van der Waals surface area contributed by atoms with Gasteiger partial charge in [-0.05, 0) is 24.8 Å². The largest absolute Gasteiger partial charge is 0.330 e. The van der Waals surface area contributed by atoms with Gasteiger partial charge in [-0.3, -0.25) is 0 Å². The normalized spacial score (nSPS) is 17.3. The van der Waals surface area contributed by atoms with E-state index in [1.165, 1.54) is 6.42 Å². The fraction of sp³-hybridized carbons (Fsp3) is 0.500. The Kier molecular flexibility index (Phi) is 4.59. The van der Waals surface area contributed by atoms with Crippen molar-refractivity contribution in [3.8, 4) is 0 Å². The average molecular weight is 247 g/mol. The molecule has 1 aromatic rings. The van der Waals surface area contributed by atoms with Gasteiger partial charge in [0, 0.05) is 19.6 Å². The fourth-order valence-corrected chi connectivity index (χ4v) is 2.30. The summed E-state index contributed by atoms with van der Waals surface area (Å²) in [6.07, 6.45) is 3.43. The van der Waals surface area contributed by atoms with E-state index >= 15 is 0 Å². The molecule has 1 atom stereocenters. The molecule has 2 rings (SSSR count). The zero-order valence-electron chi connectivity index (χ0n) is 10.6. The van der Waals surface area contributed by atoms with Crippen molar-refractivity contribution >= 4 is 6.03 Å². The van der Waals surface area contributed by atoms with E-state index in [1.54, 1.807) is 0 Å². The van der Waals surface area contributed by atoms with Crippen molar-refractivity contribution in [1.29, 1.82) is 0 Å². The summed E-state index contributed by atoms with van der Waals surface area (Å²) in [5.41, 5.74) is 6.81. The minimum atomic E-state index is -0.0966. The van der Waals surface area contributed by atoms with Crippen LogP contribution in [-0.4, -0.2) is 30.6 Å². The molecule has 0 saturated carbocycles. The number of nitrogens with one attached hydrogen (secondary N) is 1. The maximum absolute atomic E-state index is 12.1. The molecular formula is C14H21N3O. The molecule has 2 amide bonds. The summed E-state index contributed by atoms with van der Waals surface area (Å²) in [4.78, 5) is 14.0. The molecule has 0 radical (unpaired) electrons. The first-order valence-corrected chi connectivity index (χ1v) is 6.61. The first-order valence-electron chi connectivity index (χ1n) is 6.61. The van der Waals surface area contributed by atoms with Crippen molar-refractivity contribution in [1.82, 2.24) is 10.2 Å². The highest BCUT2D eigenvalue weighted by Crippen LogP contribution is 2.13. The van der Waals surface area contributed by atoms with Crippen LogP contribution in [0, 0.1) is 0 Å². The van der Waals surface area contributed by atoms with Crippen molar-refractivity contribution in [2.24, 2.45) is 5.73 Å². The SMILES string of the molecule is NCC(NC(=O)N1CCCCC1)c1ccccc1. The maximum atomic E-state index is 12.1. The molecule has 1 unspecified atom stereocenters. The van der Waals surface area contributed by atoms with Gasteiger partial charge in [-0.2, -0.15) is 0 Å². The second-order valence-corrected chi connectivity index (χ2v) is 4.70. The van der Waals surface area contributed by atoms with Crippen LogP contribution in [0.1, 0.15) is 30.9 Å². The molecule has 0 spiro atoms. The maximum Gasteiger partial charge on any atom is 0.317 e. The number of amides is 2. The molecule has 18 heavy (non-hydrogen) atoms. The summed E-state index contributed by atoms with van der Waals surface area (Å²) in [5.74, 6) is 0. The molecule has 1 aromatic carbocycles. The number of carbonyl (C=O) groups excluding carboxylic acids is 1. The Labute approximate surface area is 108 Å². The summed E-state index contributed by atoms with van der Waals surface area (Å²) in [6, 6.07) is 9.79. The van der Waals surface area contributed by atoms with Crippen LogP contribution in [0.2, 0.25) is 0 Å². The van der Waals surface area contributed by atoms with Gasteiger partial charge >= 0.3 is 6.03 Å². The van der Waals surface area contributed by atoms with E-state index in [2.05, 4.69) is 5.32 Å². The molecule has 1 aliphatic heterocycles. The van der Waals surface area contributed by atoms with Gasteiger partial charge in [-0.1, -0.05) is 30.3 Å². The Bertz CT molecular complexity index is 374. The highest BCUT2D eigenvalue weighted by atomic mass is 16.2. The van der Waals surface area contributed by atoms with Crippen molar-refractivity contribution < 1.29 is 4.79 Å². The Balaban J connectivity index is 1.95. The fourth-order valence-electron chi connectivity index (χ4n) is 2.30. The molecular weight excluding hydrogens is 226 g/mol. The first-order chi connectivity index (χ1) is 8.81. The lowest BCUT2D eigenvalue weighted by molar-refractivity contribution is 0.183. The van der Waals surface area contributed by atoms with Gasteiger partial charge < -0.3 is 16.0 Å². The van der Waals surface area contributed by atoms with E-state index in [1.807, 2.05) is 35.2 Å². The zero-order valence-corrected chi connectivity index (χ0v) is 10.6. The predicted molar refractivity (Wildman–Crippen MR) is 72.2 cm³/mol. The third kappa shape index (κ3) is 3.23. The Hall–Kier alpha value is -1.55. The molecule has 4 heteroatoms. The summed E-state index contributed by atoms with van der Waals surface area (Å²) in [7, 11) is 0. The number of urea groups is 1. The first kappa shape index (κ1) is 12.9. The van der Waals surface area contributed by atoms with Gasteiger partial charge in [0.15, 0.2) is 0 Å².